The maximum atomic E-state index is 11.7. The molecule has 0 unspecified atom stereocenters. The van der Waals surface area contributed by atoms with Crippen molar-refractivity contribution in [2.24, 2.45) is 12.8 Å². The lowest BCUT2D eigenvalue weighted by Crippen LogP contribution is -2.27. The fourth-order valence-electron chi connectivity index (χ4n) is 1.38. The molecule has 0 aromatic carbocycles. The molecule has 0 saturated heterocycles. The Morgan fingerprint density at radius 1 is 1.50 bits per heavy atom. The highest BCUT2D eigenvalue weighted by molar-refractivity contribution is 5.99. The van der Waals surface area contributed by atoms with Crippen LogP contribution < -0.4 is 11.1 Å². The Morgan fingerprint density at radius 3 is 2.69 bits per heavy atom. The summed E-state index contributed by atoms with van der Waals surface area (Å²) in [6, 6.07) is 1.60. The number of aryl methyl sites for hydroxylation is 1. The molecule has 1 heterocycles. The Labute approximate surface area is 94.6 Å². The SMILES string of the molecule is CC(=O)c1cc(C(=O)NCCCN)n(C)c1. The highest BCUT2D eigenvalue weighted by Gasteiger charge is 2.12. The Balaban J connectivity index is 2.71. The van der Waals surface area contributed by atoms with Crippen molar-refractivity contribution in [3.63, 3.8) is 0 Å². The van der Waals surface area contributed by atoms with Crippen LogP contribution in [-0.2, 0) is 7.05 Å². The second-order valence-corrected chi connectivity index (χ2v) is 3.68. The zero-order chi connectivity index (χ0) is 12.1. The monoisotopic (exact) mass is 223 g/mol. The summed E-state index contributed by atoms with van der Waals surface area (Å²) in [4.78, 5) is 22.8. The van der Waals surface area contributed by atoms with Crippen molar-refractivity contribution in [2.45, 2.75) is 13.3 Å². The number of rotatable bonds is 5. The lowest BCUT2D eigenvalue weighted by Gasteiger charge is -2.04. The van der Waals surface area contributed by atoms with Crippen LogP contribution in [0.4, 0.5) is 0 Å². The molecule has 1 aromatic heterocycles. The third-order valence-corrected chi connectivity index (χ3v) is 2.31. The zero-order valence-corrected chi connectivity index (χ0v) is 9.62. The minimum Gasteiger partial charge on any atom is -0.351 e. The average Bonchev–Trinajstić information content (AvgIpc) is 2.61. The summed E-state index contributed by atoms with van der Waals surface area (Å²) < 4.78 is 1.65. The van der Waals surface area contributed by atoms with Crippen molar-refractivity contribution in [3.05, 3.63) is 23.5 Å². The molecule has 0 saturated carbocycles. The normalized spacial score (nSPS) is 10.2. The van der Waals surface area contributed by atoms with Crippen molar-refractivity contribution in [1.82, 2.24) is 9.88 Å². The maximum Gasteiger partial charge on any atom is 0.267 e. The fourth-order valence-corrected chi connectivity index (χ4v) is 1.38. The molecule has 3 N–H and O–H groups in total. The molecule has 16 heavy (non-hydrogen) atoms. The number of nitrogens with two attached hydrogens (primary N) is 1. The summed E-state index contributed by atoms with van der Waals surface area (Å²) in [5.41, 5.74) is 6.36. The second kappa shape index (κ2) is 5.46. The standard InChI is InChI=1S/C11H17N3O2/c1-8(15)9-6-10(14(2)7-9)11(16)13-5-3-4-12/h6-7H,3-5,12H2,1-2H3,(H,13,16). The molecule has 0 atom stereocenters. The molecule has 0 bridgehead atoms. The molecule has 5 nitrogen and oxygen atoms in total. The molecule has 5 heteroatoms. The second-order valence-electron chi connectivity index (χ2n) is 3.68. The number of ketones is 1. The molecule has 0 aliphatic heterocycles. The first kappa shape index (κ1) is 12.4. The fraction of sp³-hybridized carbons (Fsp3) is 0.455. The van der Waals surface area contributed by atoms with Crippen LogP contribution >= 0.6 is 0 Å². The summed E-state index contributed by atoms with van der Waals surface area (Å²) >= 11 is 0. The van der Waals surface area contributed by atoms with Crippen LogP contribution in [0, 0.1) is 0 Å². The van der Waals surface area contributed by atoms with Gasteiger partial charge in [-0.2, -0.15) is 0 Å². The average molecular weight is 223 g/mol. The lowest BCUT2D eigenvalue weighted by molar-refractivity contribution is 0.0945. The Kier molecular flexibility index (Phi) is 4.25. The van der Waals surface area contributed by atoms with E-state index in [9.17, 15) is 9.59 Å². The van der Waals surface area contributed by atoms with Gasteiger partial charge in [0, 0.05) is 25.4 Å². The van der Waals surface area contributed by atoms with E-state index >= 15 is 0 Å². The molecular weight excluding hydrogens is 206 g/mol. The van der Waals surface area contributed by atoms with Gasteiger partial charge in [-0.1, -0.05) is 0 Å². The minimum absolute atomic E-state index is 0.0448. The number of hydrogen-bond donors (Lipinski definition) is 2. The predicted molar refractivity (Wildman–Crippen MR) is 61.4 cm³/mol. The molecule has 1 rings (SSSR count). The van der Waals surface area contributed by atoms with Crippen molar-refractivity contribution in [1.29, 1.82) is 0 Å². The van der Waals surface area contributed by atoms with Gasteiger partial charge in [0.05, 0.1) is 0 Å². The summed E-state index contributed by atoms with van der Waals surface area (Å²) in [5, 5.41) is 2.74. The molecule has 0 aliphatic rings. The Bertz CT molecular complexity index is 396. The van der Waals surface area contributed by atoms with E-state index < -0.39 is 0 Å². The van der Waals surface area contributed by atoms with E-state index in [-0.39, 0.29) is 11.7 Å². The van der Waals surface area contributed by atoms with Gasteiger partial charge in [-0.15, -0.1) is 0 Å². The van der Waals surface area contributed by atoms with Gasteiger partial charge in [-0.25, -0.2) is 0 Å². The van der Waals surface area contributed by atoms with E-state index in [1.54, 1.807) is 23.9 Å². The summed E-state index contributed by atoms with van der Waals surface area (Å²) in [7, 11) is 1.74. The highest BCUT2D eigenvalue weighted by Crippen LogP contribution is 2.07. The Hall–Kier alpha value is -1.62. The molecule has 0 radical (unpaired) electrons. The van der Waals surface area contributed by atoms with Gasteiger partial charge in [0.25, 0.3) is 5.91 Å². The molecule has 88 valence electrons. The van der Waals surface area contributed by atoms with Gasteiger partial charge in [-0.05, 0) is 26.0 Å². The van der Waals surface area contributed by atoms with Crippen LogP contribution in [0.3, 0.4) is 0 Å². The number of carbonyl (C=O) groups is 2. The van der Waals surface area contributed by atoms with E-state index in [4.69, 9.17) is 5.73 Å². The predicted octanol–water partition coefficient (Wildman–Crippen LogP) is 0.306. The van der Waals surface area contributed by atoms with Gasteiger partial charge < -0.3 is 15.6 Å². The van der Waals surface area contributed by atoms with Crippen LogP contribution in [0.15, 0.2) is 12.3 Å². The Morgan fingerprint density at radius 2 is 2.19 bits per heavy atom. The molecule has 1 amide bonds. The number of hydrogen-bond acceptors (Lipinski definition) is 3. The van der Waals surface area contributed by atoms with Crippen LogP contribution in [0.1, 0.15) is 34.2 Å². The number of aromatic nitrogens is 1. The van der Waals surface area contributed by atoms with Gasteiger partial charge in [-0.3, -0.25) is 9.59 Å². The van der Waals surface area contributed by atoms with Crippen molar-refractivity contribution >= 4 is 11.7 Å². The van der Waals surface area contributed by atoms with E-state index in [1.807, 2.05) is 0 Å². The van der Waals surface area contributed by atoms with E-state index in [0.717, 1.165) is 6.42 Å². The van der Waals surface area contributed by atoms with Gasteiger partial charge >= 0.3 is 0 Å². The van der Waals surface area contributed by atoms with Gasteiger partial charge in [0.2, 0.25) is 0 Å². The van der Waals surface area contributed by atoms with Crippen molar-refractivity contribution in [3.8, 4) is 0 Å². The highest BCUT2D eigenvalue weighted by atomic mass is 16.2. The molecule has 0 spiro atoms. The minimum atomic E-state index is -0.177. The van der Waals surface area contributed by atoms with Gasteiger partial charge in [0.15, 0.2) is 5.78 Å². The van der Waals surface area contributed by atoms with E-state index in [0.29, 0.717) is 24.3 Å². The summed E-state index contributed by atoms with van der Waals surface area (Å²) in [6.45, 7) is 2.58. The van der Waals surface area contributed by atoms with Crippen LogP contribution in [0.5, 0.6) is 0 Å². The summed E-state index contributed by atoms with van der Waals surface area (Å²) in [5.74, 6) is -0.222. The van der Waals surface area contributed by atoms with Crippen molar-refractivity contribution < 1.29 is 9.59 Å². The number of nitrogens with zero attached hydrogens (tertiary/aromatic N) is 1. The zero-order valence-electron chi connectivity index (χ0n) is 9.62. The van der Waals surface area contributed by atoms with Crippen molar-refractivity contribution in [2.75, 3.05) is 13.1 Å². The molecule has 0 aliphatic carbocycles. The van der Waals surface area contributed by atoms with E-state index in [1.165, 1.54) is 6.92 Å². The first-order valence-corrected chi connectivity index (χ1v) is 5.22. The summed E-state index contributed by atoms with van der Waals surface area (Å²) in [6.07, 6.45) is 2.40. The number of nitrogens with one attached hydrogen (secondary N) is 1. The van der Waals surface area contributed by atoms with Gasteiger partial charge in [0.1, 0.15) is 5.69 Å². The molecule has 1 aromatic rings. The number of carbonyl (C=O) groups excluding carboxylic acids is 2. The van der Waals surface area contributed by atoms with Crippen LogP contribution in [0.25, 0.3) is 0 Å². The number of Topliss-reactive ketones (excluding diaryl/α,β-unsaturated/α-hetero) is 1. The molecule has 0 fully saturated rings. The lowest BCUT2D eigenvalue weighted by atomic mass is 10.2. The first-order chi connectivity index (χ1) is 7.56. The largest absolute Gasteiger partial charge is 0.351 e. The van der Waals surface area contributed by atoms with Crippen LogP contribution in [0.2, 0.25) is 0 Å². The quantitative estimate of drug-likeness (QED) is 0.557. The smallest absolute Gasteiger partial charge is 0.267 e. The third kappa shape index (κ3) is 2.93. The third-order valence-electron chi connectivity index (χ3n) is 2.31. The maximum absolute atomic E-state index is 11.7. The number of amides is 1. The molecular formula is C11H17N3O2. The van der Waals surface area contributed by atoms with Crippen LogP contribution in [-0.4, -0.2) is 29.3 Å². The van der Waals surface area contributed by atoms with E-state index in [2.05, 4.69) is 5.32 Å². The topological polar surface area (TPSA) is 77.1 Å². The first-order valence-electron chi connectivity index (χ1n) is 5.22.